The first-order chi connectivity index (χ1) is 13.5. The lowest BCUT2D eigenvalue weighted by atomic mass is 10.2. The lowest BCUT2D eigenvalue weighted by molar-refractivity contribution is -0.133. The number of hydrogen-bond donors (Lipinski definition) is 0. The SMILES string of the molecule is COc1cc(SC)ccc1C(=O)OCC(=O)N(C)Cc1nc2ccccc2s1. The van der Waals surface area contributed by atoms with Crippen LogP contribution in [0.5, 0.6) is 5.75 Å². The Bertz CT molecular complexity index is 970. The third kappa shape index (κ3) is 4.63. The summed E-state index contributed by atoms with van der Waals surface area (Å²) in [4.78, 5) is 31.7. The first kappa shape index (κ1) is 20.2. The Labute approximate surface area is 171 Å². The van der Waals surface area contributed by atoms with Crippen LogP contribution < -0.4 is 4.74 Å². The van der Waals surface area contributed by atoms with Crippen LogP contribution in [0.15, 0.2) is 47.4 Å². The number of fused-ring (bicyclic) bond motifs is 1. The maximum Gasteiger partial charge on any atom is 0.342 e. The van der Waals surface area contributed by atoms with E-state index in [1.165, 1.54) is 12.0 Å². The van der Waals surface area contributed by atoms with Gasteiger partial charge in [0.2, 0.25) is 0 Å². The summed E-state index contributed by atoms with van der Waals surface area (Å²) in [5, 5.41) is 0.831. The topological polar surface area (TPSA) is 68.7 Å². The van der Waals surface area contributed by atoms with E-state index in [4.69, 9.17) is 9.47 Å². The van der Waals surface area contributed by atoms with Crippen molar-refractivity contribution in [1.29, 1.82) is 0 Å². The van der Waals surface area contributed by atoms with E-state index in [-0.39, 0.29) is 12.5 Å². The minimum atomic E-state index is -0.591. The van der Waals surface area contributed by atoms with E-state index < -0.39 is 5.97 Å². The number of para-hydroxylation sites is 1. The maximum absolute atomic E-state index is 12.3. The van der Waals surface area contributed by atoms with Gasteiger partial charge in [-0.05, 0) is 36.6 Å². The van der Waals surface area contributed by atoms with Crippen LogP contribution >= 0.6 is 23.1 Å². The predicted molar refractivity (Wildman–Crippen MR) is 111 cm³/mol. The van der Waals surface area contributed by atoms with Crippen molar-refractivity contribution in [2.24, 2.45) is 0 Å². The summed E-state index contributed by atoms with van der Waals surface area (Å²) in [6.07, 6.45) is 1.94. The Morgan fingerprint density at radius 2 is 2.00 bits per heavy atom. The standard InChI is InChI=1S/C20H20N2O4S2/c1-22(11-18-21-15-6-4-5-7-17(15)28-18)19(23)12-26-20(24)14-9-8-13(27-3)10-16(14)25-2/h4-10H,11-12H2,1-3H3. The third-order valence-corrected chi connectivity index (χ3v) is 5.84. The molecule has 2 aromatic carbocycles. The molecule has 0 radical (unpaired) electrons. The van der Waals surface area contributed by atoms with Crippen LogP contribution in [0.25, 0.3) is 10.2 Å². The molecule has 146 valence electrons. The van der Waals surface area contributed by atoms with E-state index in [9.17, 15) is 9.59 Å². The van der Waals surface area contributed by atoms with Gasteiger partial charge in [-0.1, -0.05) is 12.1 Å². The van der Waals surface area contributed by atoms with Crippen molar-refractivity contribution in [2.45, 2.75) is 11.4 Å². The molecule has 8 heteroatoms. The zero-order valence-electron chi connectivity index (χ0n) is 15.8. The molecule has 0 saturated heterocycles. The highest BCUT2D eigenvalue weighted by Gasteiger charge is 2.18. The summed E-state index contributed by atoms with van der Waals surface area (Å²) in [5.41, 5.74) is 1.21. The number of carbonyl (C=O) groups excluding carboxylic acids is 2. The molecule has 1 heterocycles. The second kappa shape index (κ2) is 9.07. The van der Waals surface area contributed by atoms with Gasteiger partial charge < -0.3 is 14.4 Å². The van der Waals surface area contributed by atoms with Crippen LogP contribution in [-0.4, -0.2) is 48.8 Å². The molecule has 0 unspecified atom stereocenters. The lowest BCUT2D eigenvalue weighted by Gasteiger charge is -2.16. The van der Waals surface area contributed by atoms with E-state index >= 15 is 0 Å². The third-order valence-electron chi connectivity index (χ3n) is 4.09. The molecule has 1 aromatic heterocycles. The molecule has 0 fully saturated rings. The number of benzene rings is 2. The summed E-state index contributed by atoms with van der Waals surface area (Å²) in [7, 11) is 3.16. The molecule has 0 spiro atoms. The fourth-order valence-corrected chi connectivity index (χ4v) is 4.01. The smallest absolute Gasteiger partial charge is 0.342 e. The molecule has 0 saturated carbocycles. The van der Waals surface area contributed by atoms with Crippen molar-refractivity contribution in [1.82, 2.24) is 9.88 Å². The summed E-state index contributed by atoms with van der Waals surface area (Å²) in [6, 6.07) is 13.0. The molecule has 0 bridgehead atoms. The van der Waals surface area contributed by atoms with Gasteiger partial charge in [-0.25, -0.2) is 9.78 Å². The zero-order valence-corrected chi connectivity index (χ0v) is 17.4. The van der Waals surface area contributed by atoms with Gasteiger partial charge in [0, 0.05) is 11.9 Å². The molecule has 3 rings (SSSR count). The minimum absolute atomic E-state index is 0.293. The van der Waals surface area contributed by atoms with Crippen molar-refractivity contribution in [3.63, 3.8) is 0 Å². The van der Waals surface area contributed by atoms with Crippen LogP contribution in [0.3, 0.4) is 0 Å². The van der Waals surface area contributed by atoms with Gasteiger partial charge in [0.25, 0.3) is 5.91 Å². The van der Waals surface area contributed by atoms with E-state index in [0.717, 1.165) is 20.1 Å². The molecule has 0 aliphatic rings. The predicted octanol–water partition coefficient (Wildman–Crippen LogP) is 3.84. The van der Waals surface area contributed by atoms with Gasteiger partial charge >= 0.3 is 5.97 Å². The summed E-state index contributed by atoms with van der Waals surface area (Å²) < 4.78 is 11.5. The molecule has 0 aliphatic carbocycles. The Morgan fingerprint density at radius 3 is 2.71 bits per heavy atom. The van der Waals surface area contributed by atoms with E-state index in [1.807, 2.05) is 36.6 Å². The van der Waals surface area contributed by atoms with Gasteiger partial charge in [-0.15, -0.1) is 23.1 Å². The minimum Gasteiger partial charge on any atom is -0.496 e. The molecule has 0 aliphatic heterocycles. The van der Waals surface area contributed by atoms with Gasteiger partial charge in [-0.3, -0.25) is 4.79 Å². The Balaban J connectivity index is 1.59. The van der Waals surface area contributed by atoms with Gasteiger partial charge in [0.05, 0.1) is 23.9 Å². The summed E-state index contributed by atoms with van der Waals surface area (Å²) in [6.45, 7) is 0.0230. The molecule has 0 N–H and O–H groups in total. The zero-order chi connectivity index (χ0) is 20.1. The Hall–Kier alpha value is -2.58. The number of amides is 1. The number of methoxy groups -OCH3 is 1. The number of likely N-dealkylation sites (N-methyl/N-ethyl adjacent to an activating group) is 1. The molecule has 6 nitrogen and oxygen atoms in total. The number of hydrogen-bond acceptors (Lipinski definition) is 7. The summed E-state index contributed by atoms with van der Waals surface area (Å²) >= 11 is 3.09. The average molecular weight is 417 g/mol. The first-order valence-electron chi connectivity index (χ1n) is 8.49. The fourth-order valence-electron chi connectivity index (χ4n) is 2.56. The van der Waals surface area contributed by atoms with Gasteiger partial charge in [0.15, 0.2) is 6.61 Å². The average Bonchev–Trinajstić information content (AvgIpc) is 3.13. The van der Waals surface area contributed by atoms with Crippen LogP contribution in [0, 0.1) is 0 Å². The Morgan fingerprint density at radius 1 is 1.21 bits per heavy atom. The van der Waals surface area contributed by atoms with Crippen molar-refractivity contribution in [3.05, 3.63) is 53.0 Å². The second-order valence-corrected chi connectivity index (χ2v) is 7.96. The van der Waals surface area contributed by atoms with E-state index in [1.54, 1.807) is 42.3 Å². The number of aromatic nitrogens is 1. The molecular weight excluding hydrogens is 396 g/mol. The Kier molecular flexibility index (Phi) is 6.53. The van der Waals surface area contributed by atoms with Gasteiger partial charge in [-0.2, -0.15) is 0 Å². The van der Waals surface area contributed by atoms with Gasteiger partial charge in [0.1, 0.15) is 16.3 Å². The fraction of sp³-hybridized carbons (Fsp3) is 0.250. The highest BCUT2D eigenvalue weighted by Crippen LogP contribution is 2.26. The molecule has 3 aromatic rings. The van der Waals surface area contributed by atoms with Crippen LogP contribution in [0.4, 0.5) is 0 Å². The van der Waals surface area contributed by atoms with E-state index in [0.29, 0.717) is 17.9 Å². The maximum atomic E-state index is 12.3. The highest BCUT2D eigenvalue weighted by atomic mass is 32.2. The highest BCUT2D eigenvalue weighted by molar-refractivity contribution is 7.98. The van der Waals surface area contributed by atoms with Crippen molar-refractivity contribution >= 4 is 45.2 Å². The number of ether oxygens (including phenoxy) is 2. The molecular formula is C20H20N2O4S2. The number of thioether (sulfide) groups is 1. The van der Waals surface area contributed by atoms with Crippen LogP contribution in [0.2, 0.25) is 0 Å². The van der Waals surface area contributed by atoms with Crippen molar-refractivity contribution in [3.8, 4) is 5.75 Å². The molecule has 1 amide bonds. The monoisotopic (exact) mass is 416 g/mol. The van der Waals surface area contributed by atoms with Crippen molar-refractivity contribution in [2.75, 3.05) is 27.0 Å². The first-order valence-corrected chi connectivity index (χ1v) is 10.5. The number of nitrogens with zero attached hydrogens (tertiary/aromatic N) is 2. The number of esters is 1. The summed E-state index contributed by atoms with van der Waals surface area (Å²) in [5.74, 6) is -0.467. The largest absolute Gasteiger partial charge is 0.496 e. The molecule has 28 heavy (non-hydrogen) atoms. The number of carbonyl (C=O) groups is 2. The number of rotatable bonds is 7. The second-order valence-electron chi connectivity index (χ2n) is 5.97. The van der Waals surface area contributed by atoms with Crippen LogP contribution in [-0.2, 0) is 16.1 Å². The van der Waals surface area contributed by atoms with Crippen LogP contribution in [0.1, 0.15) is 15.4 Å². The quantitative estimate of drug-likeness (QED) is 0.431. The van der Waals surface area contributed by atoms with E-state index in [2.05, 4.69) is 4.98 Å². The normalized spacial score (nSPS) is 10.7. The lowest BCUT2D eigenvalue weighted by Crippen LogP contribution is -2.30. The molecule has 0 atom stereocenters. The number of thiazole rings is 1. The van der Waals surface area contributed by atoms with Crippen molar-refractivity contribution < 1.29 is 19.1 Å².